The van der Waals surface area contributed by atoms with E-state index in [0.717, 1.165) is 6.42 Å². The molecule has 0 radical (unpaired) electrons. The van der Waals surface area contributed by atoms with Crippen LogP contribution >= 0.6 is 0 Å². The molecule has 1 amide bonds. The fourth-order valence-corrected chi connectivity index (χ4v) is 1.70. The summed E-state index contributed by atoms with van der Waals surface area (Å²) < 4.78 is 5.31. The number of aliphatic hydroxyl groups excluding tert-OH is 1. The van der Waals surface area contributed by atoms with E-state index >= 15 is 0 Å². The average Bonchev–Trinajstić information content (AvgIpc) is 2.25. The summed E-state index contributed by atoms with van der Waals surface area (Å²) >= 11 is 0. The van der Waals surface area contributed by atoms with Crippen molar-refractivity contribution in [2.45, 2.75) is 32.2 Å². The Bertz CT molecular complexity index is 184. The highest BCUT2D eigenvalue weighted by molar-refractivity contribution is 5.76. The lowest BCUT2D eigenvalue weighted by molar-refractivity contribution is -0.140. The van der Waals surface area contributed by atoms with Crippen LogP contribution in [0.5, 0.6) is 0 Å². The van der Waals surface area contributed by atoms with Crippen molar-refractivity contribution in [1.29, 1.82) is 0 Å². The van der Waals surface area contributed by atoms with Crippen LogP contribution in [0.3, 0.4) is 0 Å². The van der Waals surface area contributed by atoms with Crippen LogP contribution in [0.25, 0.3) is 0 Å². The SMILES string of the molecule is CCC1COCCN1C(=O)CCCO. The van der Waals surface area contributed by atoms with E-state index in [2.05, 4.69) is 6.92 Å². The first-order valence-corrected chi connectivity index (χ1v) is 5.27. The van der Waals surface area contributed by atoms with Gasteiger partial charge in [0, 0.05) is 19.6 Å². The molecule has 82 valence electrons. The quantitative estimate of drug-likeness (QED) is 0.716. The lowest BCUT2D eigenvalue weighted by atomic mass is 10.1. The van der Waals surface area contributed by atoms with Gasteiger partial charge in [-0.25, -0.2) is 0 Å². The van der Waals surface area contributed by atoms with Crippen LogP contribution in [-0.4, -0.2) is 48.3 Å². The second kappa shape index (κ2) is 5.98. The van der Waals surface area contributed by atoms with E-state index in [1.807, 2.05) is 4.90 Å². The van der Waals surface area contributed by atoms with Gasteiger partial charge in [0.25, 0.3) is 0 Å². The molecule has 0 bridgehead atoms. The highest BCUT2D eigenvalue weighted by atomic mass is 16.5. The van der Waals surface area contributed by atoms with Crippen LogP contribution in [-0.2, 0) is 9.53 Å². The van der Waals surface area contributed by atoms with Gasteiger partial charge in [0.05, 0.1) is 19.3 Å². The predicted molar refractivity (Wildman–Crippen MR) is 52.9 cm³/mol. The third kappa shape index (κ3) is 2.96. The van der Waals surface area contributed by atoms with Crippen molar-refractivity contribution in [3.05, 3.63) is 0 Å². The first-order valence-electron chi connectivity index (χ1n) is 5.27. The molecule has 1 unspecified atom stereocenters. The second-order valence-electron chi connectivity index (χ2n) is 3.55. The third-order valence-corrected chi connectivity index (χ3v) is 2.57. The lowest BCUT2D eigenvalue weighted by Crippen LogP contribution is -2.48. The first-order chi connectivity index (χ1) is 6.79. The molecule has 1 saturated heterocycles. The molecule has 1 aliphatic rings. The van der Waals surface area contributed by atoms with Crippen molar-refractivity contribution < 1.29 is 14.6 Å². The molecule has 0 aromatic carbocycles. The first kappa shape index (κ1) is 11.5. The Hall–Kier alpha value is -0.610. The Balaban J connectivity index is 2.41. The highest BCUT2D eigenvalue weighted by Gasteiger charge is 2.24. The zero-order valence-corrected chi connectivity index (χ0v) is 8.74. The maximum atomic E-state index is 11.7. The molecular formula is C10H19NO3. The molecule has 0 saturated carbocycles. The van der Waals surface area contributed by atoms with E-state index in [-0.39, 0.29) is 18.6 Å². The largest absolute Gasteiger partial charge is 0.396 e. The summed E-state index contributed by atoms with van der Waals surface area (Å²) in [5, 5.41) is 8.64. The van der Waals surface area contributed by atoms with Gasteiger partial charge in [0.1, 0.15) is 0 Å². The van der Waals surface area contributed by atoms with E-state index in [4.69, 9.17) is 9.84 Å². The molecule has 0 spiro atoms. The Kier molecular flexibility index (Phi) is 4.90. The van der Waals surface area contributed by atoms with Crippen LogP contribution in [0.15, 0.2) is 0 Å². The van der Waals surface area contributed by atoms with Crippen LogP contribution in [0, 0.1) is 0 Å². The van der Waals surface area contributed by atoms with Gasteiger partial charge in [-0.15, -0.1) is 0 Å². The summed E-state index contributed by atoms with van der Waals surface area (Å²) in [5.41, 5.74) is 0. The number of hydrogen-bond acceptors (Lipinski definition) is 3. The van der Waals surface area contributed by atoms with Crippen molar-refractivity contribution in [2.75, 3.05) is 26.4 Å². The van der Waals surface area contributed by atoms with Crippen molar-refractivity contribution in [3.8, 4) is 0 Å². The van der Waals surface area contributed by atoms with Crippen molar-refractivity contribution in [1.82, 2.24) is 4.90 Å². The maximum absolute atomic E-state index is 11.7. The minimum atomic E-state index is 0.0902. The van der Waals surface area contributed by atoms with Gasteiger partial charge in [0.2, 0.25) is 5.91 Å². The molecule has 14 heavy (non-hydrogen) atoms. The number of carbonyl (C=O) groups is 1. The smallest absolute Gasteiger partial charge is 0.223 e. The zero-order chi connectivity index (χ0) is 10.4. The Morgan fingerprint density at radius 3 is 3.07 bits per heavy atom. The minimum absolute atomic E-state index is 0.0902. The van der Waals surface area contributed by atoms with E-state index in [0.29, 0.717) is 32.6 Å². The summed E-state index contributed by atoms with van der Waals surface area (Å²) in [5.74, 6) is 0.147. The molecule has 1 N–H and O–H groups in total. The van der Waals surface area contributed by atoms with Gasteiger partial charge < -0.3 is 14.7 Å². The summed E-state index contributed by atoms with van der Waals surface area (Å²) in [4.78, 5) is 13.6. The Labute approximate surface area is 84.8 Å². The summed E-state index contributed by atoms with van der Waals surface area (Å²) in [6.07, 6.45) is 1.95. The molecule has 0 aromatic rings. The van der Waals surface area contributed by atoms with Gasteiger partial charge in [-0.3, -0.25) is 4.79 Å². The Morgan fingerprint density at radius 2 is 2.43 bits per heavy atom. The van der Waals surface area contributed by atoms with Crippen LogP contribution < -0.4 is 0 Å². The van der Waals surface area contributed by atoms with Crippen molar-refractivity contribution in [2.24, 2.45) is 0 Å². The molecule has 0 aromatic heterocycles. The molecule has 0 aliphatic carbocycles. The summed E-state index contributed by atoms with van der Waals surface area (Å²) in [6.45, 7) is 4.14. The molecule has 4 nitrogen and oxygen atoms in total. The molecule has 1 fully saturated rings. The van der Waals surface area contributed by atoms with Gasteiger partial charge in [-0.1, -0.05) is 6.92 Å². The normalized spacial score (nSPS) is 22.4. The number of carbonyl (C=O) groups excluding carboxylic acids is 1. The number of rotatable bonds is 4. The molecule has 1 heterocycles. The van der Waals surface area contributed by atoms with E-state index in [1.165, 1.54) is 0 Å². The standard InChI is InChI=1S/C10H19NO3/c1-2-9-8-14-7-5-11(9)10(13)4-3-6-12/h9,12H,2-8H2,1H3. The monoisotopic (exact) mass is 201 g/mol. The number of amides is 1. The van der Waals surface area contributed by atoms with Crippen LogP contribution in [0.2, 0.25) is 0 Å². The molecule has 1 atom stereocenters. The van der Waals surface area contributed by atoms with Crippen LogP contribution in [0.1, 0.15) is 26.2 Å². The summed E-state index contributed by atoms with van der Waals surface area (Å²) in [6, 6.07) is 0.231. The lowest BCUT2D eigenvalue weighted by Gasteiger charge is -2.35. The highest BCUT2D eigenvalue weighted by Crippen LogP contribution is 2.12. The number of aliphatic hydroxyl groups is 1. The zero-order valence-electron chi connectivity index (χ0n) is 8.74. The van der Waals surface area contributed by atoms with Gasteiger partial charge in [-0.05, 0) is 12.8 Å². The molecule has 4 heteroatoms. The predicted octanol–water partition coefficient (Wildman–Crippen LogP) is 0.396. The fourth-order valence-electron chi connectivity index (χ4n) is 1.70. The number of nitrogens with zero attached hydrogens (tertiary/aromatic N) is 1. The number of hydrogen-bond donors (Lipinski definition) is 1. The maximum Gasteiger partial charge on any atom is 0.223 e. The van der Waals surface area contributed by atoms with Crippen LogP contribution in [0.4, 0.5) is 0 Å². The van der Waals surface area contributed by atoms with Gasteiger partial charge in [-0.2, -0.15) is 0 Å². The minimum Gasteiger partial charge on any atom is -0.396 e. The number of ether oxygens (including phenoxy) is 1. The topological polar surface area (TPSA) is 49.8 Å². The second-order valence-corrected chi connectivity index (χ2v) is 3.55. The summed E-state index contributed by atoms with van der Waals surface area (Å²) in [7, 11) is 0. The number of morpholine rings is 1. The molecule has 1 rings (SSSR count). The van der Waals surface area contributed by atoms with E-state index in [1.54, 1.807) is 0 Å². The average molecular weight is 201 g/mol. The fraction of sp³-hybridized carbons (Fsp3) is 0.900. The Morgan fingerprint density at radius 1 is 1.64 bits per heavy atom. The van der Waals surface area contributed by atoms with E-state index in [9.17, 15) is 4.79 Å². The van der Waals surface area contributed by atoms with Gasteiger partial charge in [0.15, 0.2) is 0 Å². The van der Waals surface area contributed by atoms with Crippen molar-refractivity contribution >= 4 is 5.91 Å². The van der Waals surface area contributed by atoms with Gasteiger partial charge >= 0.3 is 0 Å². The van der Waals surface area contributed by atoms with Crippen molar-refractivity contribution in [3.63, 3.8) is 0 Å². The third-order valence-electron chi connectivity index (χ3n) is 2.57. The molecule has 1 aliphatic heterocycles. The van der Waals surface area contributed by atoms with E-state index < -0.39 is 0 Å². The molecular weight excluding hydrogens is 182 g/mol.